The van der Waals surface area contributed by atoms with E-state index in [2.05, 4.69) is 12.0 Å². The van der Waals surface area contributed by atoms with Crippen LogP contribution in [0.15, 0.2) is 36.4 Å². The fraction of sp³-hybridized carbons (Fsp3) is 0.118. The summed E-state index contributed by atoms with van der Waals surface area (Å²) in [7, 11) is 0. The molecule has 0 fully saturated rings. The molecule has 0 aliphatic heterocycles. The van der Waals surface area contributed by atoms with Crippen molar-refractivity contribution < 1.29 is 9.53 Å². The number of carbonyl (C=O) groups is 1. The molecular formula is C17H12O2. The van der Waals surface area contributed by atoms with Gasteiger partial charge in [0, 0.05) is 22.8 Å². The Bertz CT molecular complexity index is 682. The van der Waals surface area contributed by atoms with Crippen LogP contribution in [0.2, 0.25) is 0 Å². The molecule has 0 heterocycles. The van der Waals surface area contributed by atoms with Gasteiger partial charge in [0.25, 0.3) is 0 Å². The Morgan fingerprint density at radius 2 is 2.26 bits per heavy atom. The molecule has 0 saturated carbocycles. The molecule has 3 rings (SSSR count). The van der Waals surface area contributed by atoms with E-state index in [1.807, 2.05) is 30.4 Å². The number of ether oxygens (including phenoxy) is 1. The van der Waals surface area contributed by atoms with Crippen molar-refractivity contribution >= 4 is 23.2 Å². The number of hydrogen-bond donors (Lipinski definition) is 0. The fourth-order valence-electron chi connectivity index (χ4n) is 2.44. The van der Waals surface area contributed by atoms with E-state index < -0.39 is 0 Å². The standard InChI is InChI=1S/C17H12O2/c1-2-10-19-16-11-15(18)13-8-4-3-6-12-7-5-9-14(16)17(12)13/h1,3,5-9,11H,4,10H2. The summed E-state index contributed by atoms with van der Waals surface area (Å²) < 4.78 is 5.49. The van der Waals surface area contributed by atoms with Gasteiger partial charge in [-0.25, -0.2) is 0 Å². The van der Waals surface area contributed by atoms with E-state index in [0.29, 0.717) is 5.76 Å². The first-order chi connectivity index (χ1) is 9.31. The smallest absolute Gasteiger partial charge is 0.189 e. The van der Waals surface area contributed by atoms with E-state index in [-0.39, 0.29) is 12.4 Å². The predicted octanol–water partition coefficient (Wildman–Crippen LogP) is 3.06. The van der Waals surface area contributed by atoms with Crippen molar-refractivity contribution in [1.82, 2.24) is 0 Å². The third kappa shape index (κ3) is 1.90. The monoisotopic (exact) mass is 248 g/mol. The van der Waals surface area contributed by atoms with Gasteiger partial charge in [0.1, 0.15) is 12.4 Å². The van der Waals surface area contributed by atoms with Gasteiger partial charge >= 0.3 is 0 Å². The van der Waals surface area contributed by atoms with Crippen LogP contribution in [0.25, 0.3) is 17.4 Å². The maximum absolute atomic E-state index is 12.2. The summed E-state index contributed by atoms with van der Waals surface area (Å²) in [6.45, 7) is 0.164. The van der Waals surface area contributed by atoms with Crippen molar-refractivity contribution in [2.24, 2.45) is 0 Å². The van der Waals surface area contributed by atoms with E-state index in [0.717, 1.165) is 28.7 Å². The zero-order valence-corrected chi connectivity index (χ0v) is 10.3. The minimum atomic E-state index is -0.0179. The summed E-state index contributed by atoms with van der Waals surface area (Å²) in [6.07, 6.45) is 13.6. The SMILES string of the molecule is C#CCOC1=CC(=O)C2=CCC=Cc3cccc1c32. The van der Waals surface area contributed by atoms with Crippen LogP contribution in [-0.4, -0.2) is 12.4 Å². The summed E-state index contributed by atoms with van der Waals surface area (Å²) in [4.78, 5) is 12.2. The van der Waals surface area contributed by atoms with Crippen LogP contribution < -0.4 is 0 Å². The van der Waals surface area contributed by atoms with Crippen molar-refractivity contribution in [2.45, 2.75) is 6.42 Å². The van der Waals surface area contributed by atoms with E-state index in [9.17, 15) is 4.79 Å². The van der Waals surface area contributed by atoms with Crippen molar-refractivity contribution in [1.29, 1.82) is 0 Å². The van der Waals surface area contributed by atoms with Gasteiger partial charge in [-0.1, -0.05) is 42.3 Å². The average Bonchev–Trinajstić information content (AvgIpc) is 2.65. The van der Waals surface area contributed by atoms with E-state index in [4.69, 9.17) is 11.2 Å². The van der Waals surface area contributed by atoms with Crippen LogP contribution in [0.5, 0.6) is 0 Å². The first kappa shape index (κ1) is 11.6. The summed E-state index contributed by atoms with van der Waals surface area (Å²) in [5.74, 6) is 2.97. The highest BCUT2D eigenvalue weighted by atomic mass is 16.5. The molecule has 1 aromatic rings. The van der Waals surface area contributed by atoms with Gasteiger partial charge in [0.15, 0.2) is 5.78 Å². The molecule has 92 valence electrons. The number of hydrogen-bond acceptors (Lipinski definition) is 2. The molecule has 2 nitrogen and oxygen atoms in total. The van der Waals surface area contributed by atoms with Crippen LogP contribution in [0.4, 0.5) is 0 Å². The average molecular weight is 248 g/mol. The van der Waals surface area contributed by atoms with Crippen molar-refractivity contribution in [3.05, 3.63) is 53.1 Å². The molecule has 2 heteroatoms. The zero-order valence-electron chi connectivity index (χ0n) is 10.3. The maximum atomic E-state index is 12.2. The fourth-order valence-corrected chi connectivity index (χ4v) is 2.44. The number of rotatable bonds is 2. The highest BCUT2D eigenvalue weighted by molar-refractivity contribution is 6.31. The molecule has 0 atom stereocenters. The highest BCUT2D eigenvalue weighted by Gasteiger charge is 2.25. The summed E-state index contributed by atoms with van der Waals surface area (Å²) in [5, 5.41) is 0. The van der Waals surface area contributed by atoms with Crippen LogP contribution >= 0.6 is 0 Å². The van der Waals surface area contributed by atoms with E-state index >= 15 is 0 Å². The molecule has 2 aliphatic carbocycles. The summed E-state index contributed by atoms with van der Waals surface area (Å²) >= 11 is 0. The Balaban J connectivity index is 2.20. The first-order valence-corrected chi connectivity index (χ1v) is 6.14. The molecule has 0 aromatic heterocycles. The number of carbonyl (C=O) groups excluding carboxylic acids is 1. The van der Waals surface area contributed by atoms with Gasteiger partial charge in [-0.2, -0.15) is 0 Å². The van der Waals surface area contributed by atoms with Gasteiger partial charge in [-0.05, 0) is 12.0 Å². The normalized spacial score (nSPS) is 15.8. The van der Waals surface area contributed by atoms with Crippen molar-refractivity contribution in [3.8, 4) is 12.3 Å². The molecule has 19 heavy (non-hydrogen) atoms. The second kappa shape index (κ2) is 4.62. The van der Waals surface area contributed by atoms with Gasteiger partial charge in [-0.3, -0.25) is 4.79 Å². The lowest BCUT2D eigenvalue weighted by Crippen LogP contribution is -2.11. The Morgan fingerprint density at radius 1 is 1.37 bits per heavy atom. The molecule has 0 unspecified atom stereocenters. The Kier molecular flexibility index (Phi) is 2.81. The molecular weight excluding hydrogens is 236 g/mol. The number of ketones is 1. The molecule has 1 aromatic carbocycles. The van der Waals surface area contributed by atoms with Gasteiger partial charge in [0.2, 0.25) is 0 Å². The number of benzene rings is 1. The Morgan fingerprint density at radius 3 is 3.11 bits per heavy atom. The van der Waals surface area contributed by atoms with E-state index in [1.54, 1.807) is 0 Å². The molecule has 0 saturated heterocycles. The van der Waals surface area contributed by atoms with Crippen molar-refractivity contribution in [3.63, 3.8) is 0 Å². The van der Waals surface area contributed by atoms with Crippen LogP contribution in [0.1, 0.15) is 23.1 Å². The van der Waals surface area contributed by atoms with E-state index in [1.165, 1.54) is 6.08 Å². The number of allylic oxidation sites excluding steroid dienone is 4. The predicted molar refractivity (Wildman–Crippen MR) is 75.8 cm³/mol. The molecule has 0 N–H and O–H groups in total. The first-order valence-electron chi connectivity index (χ1n) is 6.14. The van der Waals surface area contributed by atoms with Gasteiger partial charge in [-0.15, -0.1) is 6.42 Å². The third-order valence-electron chi connectivity index (χ3n) is 3.23. The van der Waals surface area contributed by atoms with Crippen LogP contribution in [0.3, 0.4) is 0 Å². The summed E-state index contributed by atoms with van der Waals surface area (Å²) in [6, 6.07) is 5.93. The van der Waals surface area contributed by atoms with Gasteiger partial charge < -0.3 is 4.74 Å². The third-order valence-corrected chi connectivity index (χ3v) is 3.23. The van der Waals surface area contributed by atoms with Crippen molar-refractivity contribution in [2.75, 3.05) is 6.61 Å². The maximum Gasteiger partial charge on any atom is 0.189 e. The molecule has 0 bridgehead atoms. The quantitative estimate of drug-likeness (QED) is 0.752. The Hall–Kier alpha value is -2.53. The molecule has 0 spiro atoms. The largest absolute Gasteiger partial charge is 0.480 e. The zero-order chi connectivity index (χ0) is 13.2. The summed E-state index contributed by atoms with van der Waals surface area (Å²) in [5.41, 5.74) is 3.69. The Labute approximate surface area is 112 Å². The van der Waals surface area contributed by atoms with Crippen LogP contribution in [-0.2, 0) is 9.53 Å². The minimum absolute atomic E-state index is 0.0179. The van der Waals surface area contributed by atoms with Crippen LogP contribution in [0, 0.1) is 12.3 Å². The lowest BCUT2D eigenvalue weighted by molar-refractivity contribution is -0.109. The lowest BCUT2D eigenvalue weighted by atomic mass is 9.87. The second-order valence-corrected chi connectivity index (χ2v) is 4.39. The minimum Gasteiger partial charge on any atom is -0.480 e. The molecule has 0 amide bonds. The molecule has 0 radical (unpaired) electrons. The van der Waals surface area contributed by atoms with Gasteiger partial charge in [0.05, 0.1) is 0 Å². The highest BCUT2D eigenvalue weighted by Crippen LogP contribution is 2.36. The second-order valence-electron chi connectivity index (χ2n) is 4.39. The topological polar surface area (TPSA) is 26.3 Å². The molecule has 2 aliphatic rings. The number of terminal acetylenes is 1. The lowest BCUT2D eigenvalue weighted by Gasteiger charge is -2.20.